The number of hydrogen-bond donors (Lipinski definition) is 1. The van der Waals surface area contributed by atoms with Gasteiger partial charge in [-0.05, 0) is 12.5 Å². The Morgan fingerprint density at radius 2 is 2.21 bits per heavy atom. The van der Waals surface area contributed by atoms with Crippen LogP contribution < -0.4 is 10.2 Å². The molecule has 0 amide bonds. The quantitative estimate of drug-likeness (QED) is 0.734. The fourth-order valence-electron chi connectivity index (χ4n) is 1.81. The smallest absolute Gasteiger partial charge is 0.141 e. The number of anilines is 1. The molecule has 0 saturated carbocycles. The molecule has 0 atom stereocenters. The lowest BCUT2D eigenvalue weighted by Crippen LogP contribution is -2.26. The summed E-state index contributed by atoms with van der Waals surface area (Å²) in [7, 11) is 3.66. The zero-order valence-electron chi connectivity index (χ0n) is 12.2. The SMILES string of the molecule is COCCCN(C)c1ncc(F)cc1CNC(C)C. The molecule has 1 aromatic rings. The summed E-state index contributed by atoms with van der Waals surface area (Å²) in [6.45, 7) is 6.29. The Balaban J connectivity index is 2.74. The molecular weight excluding hydrogens is 245 g/mol. The number of hydrogen-bond acceptors (Lipinski definition) is 4. The zero-order valence-corrected chi connectivity index (χ0v) is 12.2. The summed E-state index contributed by atoms with van der Waals surface area (Å²) in [5.74, 6) is 0.528. The van der Waals surface area contributed by atoms with Crippen LogP contribution >= 0.6 is 0 Å². The standard InChI is InChI=1S/C14H24FN3O/c1-11(2)16-9-12-8-13(15)10-17-14(12)18(3)6-5-7-19-4/h8,10-11,16H,5-7,9H2,1-4H3. The molecule has 0 aromatic carbocycles. The molecule has 19 heavy (non-hydrogen) atoms. The number of nitrogens with one attached hydrogen (secondary N) is 1. The zero-order chi connectivity index (χ0) is 14.3. The molecule has 0 aliphatic rings. The van der Waals surface area contributed by atoms with Crippen LogP contribution in [0.25, 0.3) is 0 Å². The first-order chi connectivity index (χ1) is 9.04. The van der Waals surface area contributed by atoms with Crippen molar-refractivity contribution in [2.75, 3.05) is 32.2 Å². The van der Waals surface area contributed by atoms with E-state index < -0.39 is 0 Å². The summed E-state index contributed by atoms with van der Waals surface area (Å²) >= 11 is 0. The highest BCUT2D eigenvalue weighted by Crippen LogP contribution is 2.17. The maximum absolute atomic E-state index is 13.3. The van der Waals surface area contributed by atoms with Crippen molar-refractivity contribution in [2.45, 2.75) is 32.9 Å². The van der Waals surface area contributed by atoms with Crippen molar-refractivity contribution in [2.24, 2.45) is 0 Å². The Morgan fingerprint density at radius 3 is 2.84 bits per heavy atom. The molecule has 1 N–H and O–H groups in total. The molecule has 1 rings (SSSR count). The molecule has 0 fully saturated rings. The molecule has 0 aliphatic heterocycles. The molecule has 5 heteroatoms. The van der Waals surface area contributed by atoms with Gasteiger partial charge >= 0.3 is 0 Å². The minimum Gasteiger partial charge on any atom is -0.385 e. The van der Waals surface area contributed by atoms with Crippen LogP contribution in [-0.2, 0) is 11.3 Å². The number of methoxy groups -OCH3 is 1. The van der Waals surface area contributed by atoms with Crippen LogP contribution in [0.5, 0.6) is 0 Å². The minimum atomic E-state index is -0.297. The van der Waals surface area contributed by atoms with E-state index >= 15 is 0 Å². The molecule has 0 unspecified atom stereocenters. The van der Waals surface area contributed by atoms with Gasteiger partial charge in [0.25, 0.3) is 0 Å². The number of halogens is 1. The second kappa shape index (κ2) is 8.07. The average Bonchev–Trinajstić information content (AvgIpc) is 2.36. The van der Waals surface area contributed by atoms with E-state index in [4.69, 9.17) is 4.74 Å². The maximum Gasteiger partial charge on any atom is 0.141 e. The van der Waals surface area contributed by atoms with Crippen molar-refractivity contribution in [3.63, 3.8) is 0 Å². The summed E-state index contributed by atoms with van der Waals surface area (Å²) in [6, 6.07) is 1.90. The summed E-state index contributed by atoms with van der Waals surface area (Å²) in [6.07, 6.45) is 2.18. The van der Waals surface area contributed by atoms with Gasteiger partial charge in [-0.25, -0.2) is 9.37 Å². The van der Waals surface area contributed by atoms with E-state index in [2.05, 4.69) is 24.1 Å². The van der Waals surface area contributed by atoms with Crippen LogP contribution in [0.15, 0.2) is 12.3 Å². The van der Waals surface area contributed by atoms with Gasteiger partial charge in [-0.3, -0.25) is 0 Å². The van der Waals surface area contributed by atoms with Crippen LogP contribution in [0, 0.1) is 5.82 Å². The Kier molecular flexibility index (Phi) is 6.73. The third-order valence-corrected chi connectivity index (χ3v) is 2.81. The Hall–Kier alpha value is -1.20. The summed E-state index contributed by atoms with van der Waals surface area (Å²) < 4.78 is 18.3. The number of rotatable bonds is 8. The summed E-state index contributed by atoms with van der Waals surface area (Å²) in [5, 5.41) is 3.29. The third-order valence-electron chi connectivity index (χ3n) is 2.81. The second-order valence-electron chi connectivity index (χ2n) is 4.94. The lowest BCUT2D eigenvalue weighted by Gasteiger charge is -2.21. The van der Waals surface area contributed by atoms with Gasteiger partial charge in [0.1, 0.15) is 11.6 Å². The van der Waals surface area contributed by atoms with Gasteiger partial charge in [-0.15, -0.1) is 0 Å². The van der Waals surface area contributed by atoms with E-state index in [9.17, 15) is 4.39 Å². The fraction of sp³-hybridized carbons (Fsp3) is 0.643. The number of nitrogens with zero attached hydrogens (tertiary/aromatic N) is 2. The Bertz CT molecular complexity index is 385. The van der Waals surface area contributed by atoms with E-state index in [1.54, 1.807) is 13.2 Å². The first kappa shape index (κ1) is 15.9. The molecule has 1 aromatic heterocycles. The first-order valence-corrected chi connectivity index (χ1v) is 6.62. The average molecular weight is 269 g/mol. The van der Waals surface area contributed by atoms with Crippen molar-refractivity contribution in [3.8, 4) is 0 Å². The molecular formula is C14H24FN3O. The Labute approximate surface area is 115 Å². The van der Waals surface area contributed by atoms with Crippen LogP contribution in [0.4, 0.5) is 10.2 Å². The van der Waals surface area contributed by atoms with Gasteiger partial charge in [-0.2, -0.15) is 0 Å². The van der Waals surface area contributed by atoms with Crippen molar-refractivity contribution in [3.05, 3.63) is 23.6 Å². The predicted molar refractivity (Wildman–Crippen MR) is 75.9 cm³/mol. The largest absolute Gasteiger partial charge is 0.385 e. The van der Waals surface area contributed by atoms with Gasteiger partial charge in [0.2, 0.25) is 0 Å². The van der Waals surface area contributed by atoms with Crippen LogP contribution in [-0.4, -0.2) is 38.3 Å². The van der Waals surface area contributed by atoms with Crippen molar-refractivity contribution < 1.29 is 9.13 Å². The van der Waals surface area contributed by atoms with Crippen molar-refractivity contribution in [1.29, 1.82) is 0 Å². The molecule has 108 valence electrons. The molecule has 0 spiro atoms. The van der Waals surface area contributed by atoms with E-state index in [1.807, 2.05) is 11.9 Å². The number of pyridine rings is 1. The summed E-state index contributed by atoms with van der Waals surface area (Å²) in [5.41, 5.74) is 0.883. The van der Waals surface area contributed by atoms with E-state index in [0.717, 1.165) is 24.3 Å². The van der Waals surface area contributed by atoms with Gasteiger partial charge < -0.3 is 15.0 Å². The van der Waals surface area contributed by atoms with Crippen LogP contribution in [0.2, 0.25) is 0 Å². The highest BCUT2D eigenvalue weighted by atomic mass is 19.1. The number of ether oxygens (including phenoxy) is 1. The highest BCUT2D eigenvalue weighted by Gasteiger charge is 2.10. The normalized spacial score (nSPS) is 11.1. The monoisotopic (exact) mass is 269 g/mol. The topological polar surface area (TPSA) is 37.4 Å². The van der Waals surface area contributed by atoms with Gasteiger partial charge in [0.05, 0.1) is 6.20 Å². The molecule has 4 nitrogen and oxygen atoms in total. The Morgan fingerprint density at radius 1 is 1.47 bits per heavy atom. The number of aromatic nitrogens is 1. The maximum atomic E-state index is 13.3. The van der Waals surface area contributed by atoms with E-state index in [0.29, 0.717) is 19.2 Å². The van der Waals surface area contributed by atoms with Crippen molar-refractivity contribution in [1.82, 2.24) is 10.3 Å². The van der Waals surface area contributed by atoms with Gasteiger partial charge in [0, 0.05) is 45.5 Å². The molecule has 0 radical (unpaired) electrons. The summed E-state index contributed by atoms with van der Waals surface area (Å²) in [4.78, 5) is 6.24. The van der Waals surface area contributed by atoms with Crippen LogP contribution in [0.3, 0.4) is 0 Å². The van der Waals surface area contributed by atoms with E-state index in [-0.39, 0.29) is 5.82 Å². The van der Waals surface area contributed by atoms with Crippen molar-refractivity contribution >= 4 is 5.82 Å². The predicted octanol–water partition coefficient (Wildman–Crippen LogP) is 2.19. The minimum absolute atomic E-state index is 0.297. The fourth-order valence-corrected chi connectivity index (χ4v) is 1.81. The lowest BCUT2D eigenvalue weighted by molar-refractivity contribution is 0.196. The first-order valence-electron chi connectivity index (χ1n) is 6.62. The molecule has 0 saturated heterocycles. The van der Waals surface area contributed by atoms with Crippen LogP contribution in [0.1, 0.15) is 25.8 Å². The molecule has 0 aliphatic carbocycles. The molecule has 1 heterocycles. The second-order valence-corrected chi connectivity index (χ2v) is 4.94. The molecule has 0 bridgehead atoms. The third kappa shape index (κ3) is 5.53. The lowest BCUT2D eigenvalue weighted by atomic mass is 10.2. The van der Waals surface area contributed by atoms with Gasteiger partial charge in [-0.1, -0.05) is 13.8 Å². The van der Waals surface area contributed by atoms with Gasteiger partial charge in [0.15, 0.2) is 0 Å². The van der Waals surface area contributed by atoms with E-state index in [1.165, 1.54) is 6.20 Å². The highest BCUT2D eigenvalue weighted by molar-refractivity contribution is 5.46.